The lowest BCUT2D eigenvalue weighted by Gasteiger charge is -2.19. The minimum absolute atomic E-state index is 0.0130. The molecule has 94 valence electrons. The fourth-order valence-corrected chi connectivity index (χ4v) is 3.02. The molecule has 2 saturated heterocycles. The Morgan fingerprint density at radius 2 is 1.89 bits per heavy atom. The Morgan fingerprint density at radius 3 is 2.56 bits per heavy atom. The molecule has 0 bridgehead atoms. The summed E-state index contributed by atoms with van der Waals surface area (Å²) in [5, 5.41) is 0. The molecule has 2 aliphatic rings. The van der Waals surface area contributed by atoms with Crippen LogP contribution in [0.5, 0.6) is 5.75 Å². The van der Waals surface area contributed by atoms with E-state index in [9.17, 15) is 9.59 Å². The Labute approximate surface area is 106 Å². The van der Waals surface area contributed by atoms with E-state index in [1.807, 2.05) is 24.3 Å². The number of ether oxygens (including phenoxy) is 1. The van der Waals surface area contributed by atoms with Crippen molar-refractivity contribution in [2.24, 2.45) is 0 Å². The van der Waals surface area contributed by atoms with Gasteiger partial charge in [0.15, 0.2) is 0 Å². The molecule has 2 fully saturated rings. The van der Waals surface area contributed by atoms with E-state index in [0.717, 1.165) is 17.7 Å². The zero-order valence-corrected chi connectivity index (χ0v) is 10.3. The van der Waals surface area contributed by atoms with E-state index in [4.69, 9.17) is 4.74 Å². The first-order valence-electron chi connectivity index (χ1n) is 6.19. The lowest BCUT2D eigenvalue weighted by atomic mass is 9.90. The van der Waals surface area contributed by atoms with E-state index in [1.165, 1.54) is 4.90 Å². The van der Waals surface area contributed by atoms with Crippen LogP contribution in [0, 0.1) is 0 Å². The number of hydrogen-bond donors (Lipinski definition) is 0. The number of imide groups is 1. The molecular formula is C14H15NO3. The normalized spacial score (nSPS) is 26.6. The maximum Gasteiger partial charge on any atom is 0.230 e. The molecule has 0 unspecified atom stereocenters. The minimum Gasteiger partial charge on any atom is -0.497 e. The molecule has 18 heavy (non-hydrogen) atoms. The molecule has 2 aliphatic heterocycles. The van der Waals surface area contributed by atoms with Crippen LogP contribution in [0.1, 0.15) is 30.7 Å². The lowest BCUT2D eigenvalue weighted by molar-refractivity contribution is -0.140. The monoisotopic (exact) mass is 245 g/mol. The van der Waals surface area contributed by atoms with Crippen LogP contribution in [-0.4, -0.2) is 29.9 Å². The maximum atomic E-state index is 11.9. The number of methoxy groups -OCH3 is 1. The van der Waals surface area contributed by atoms with Gasteiger partial charge in [-0.1, -0.05) is 12.1 Å². The maximum absolute atomic E-state index is 11.9. The number of carbonyl (C=O) groups excluding carboxylic acids is 2. The molecule has 0 aromatic heterocycles. The third-order valence-corrected chi connectivity index (χ3v) is 3.93. The number of amides is 2. The molecule has 2 heterocycles. The van der Waals surface area contributed by atoms with Crippen molar-refractivity contribution in [3.05, 3.63) is 29.8 Å². The quantitative estimate of drug-likeness (QED) is 0.745. The van der Waals surface area contributed by atoms with Gasteiger partial charge in [0.1, 0.15) is 5.75 Å². The van der Waals surface area contributed by atoms with Gasteiger partial charge in [-0.2, -0.15) is 0 Å². The second-order valence-electron chi connectivity index (χ2n) is 4.85. The van der Waals surface area contributed by atoms with Gasteiger partial charge in [0.25, 0.3) is 0 Å². The van der Waals surface area contributed by atoms with E-state index in [2.05, 4.69) is 0 Å². The van der Waals surface area contributed by atoms with Gasteiger partial charge in [-0.15, -0.1) is 0 Å². The van der Waals surface area contributed by atoms with Crippen molar-refractivity contribution in [1.29, 1.82) is 0 Å². The standard InChI is InChI=1S/C14H15NO3/c1-18-10-4-2-9(3-5-10)11-8-14(17)15-12(11)6-7-13(15)16/h2-5,11-12H,6-8H2,1H3/t11-,12-/m0/s1. The van der Waals surface area contributed by atoms with Crippen molar-refractivity contribution in [2.45, 2.75) is 31.2 Å². The number of nitrogens with zero attached hydrogens (tertiary/aromatic N) is 1. The Hall–Kier alpha value is -1.84. The first-order valence-corrected chi connectivity index (χ1v) is 6.19. The van der Waals surface area contributed by atoms with Crippen LogP contribution in [0.25, 0.3) is 0 Å². The summed E-state index contributed by atoms with van der Waals surface area (Å²) in [5.74, 6) is 0.918. The second kappa shape index (κ2) is 4.12. The Morgan fingerprint density at radius 1 is 1.17 bits per heavy atom. The molecule has 0 saturated carbocycles. The van der Waals surface area contributed by atoms with Gasteiger partial charge in [0, 0.05) is 24.8 Å². The van der Waals surface area contributed by atoms with Crippen LogP contribution in [0.3, 0.4) is 0 Å². The second-order valence-corrected chi connectivity index (χ2v) is 4.85. The van der Waals surface area contributed by atoms with E-state index < -0.39 is 0 Å². The fourth-order valence-electron chi connectivity index (χ4n) is 3.02. The largest absolute Gasteiger partial charge is 0.497 e. The van der Waals surface area contributed by atoms with Crippen molar-refractivity contribution in [2.75, 3.05) is 7.11 Å². The minimum atomic E-state index is -0.0247. The average molecular weight is 245 g/mol. The molecule has 2 atom stereocenters. The number of fused-ring (bicyclic) bond motifs is 1. The summed E-state index contributed by atoms with van der Waals surface area (Å²) in [6, 6.07) is 7.85. The topological polar surface area (TPSA) is 46.6 Å². The van der Waals surface area contributed by atoms with Crippen molar-refractivity contribution in [1.82, 2.24) is 4.90 Å². The third-order valence-electron chi connectivity index (χ3n) is 3.93. The zero-order chi connectivity index (χ0) is 12.7. The van der Waals surface area contributed by atoms with Gasteiger partial charge in [0.2, 0.25) is 11.8 Å². The van der Waals surface area contributed by atoms with Crippen molar-refractivity contribution >= 4 is 11.8 Å². The molecule has 1 aromatic rings. The Kier molecular flexibility index (Phi) is 2.58. The summed E-state index contributed by atoms with van der Waals surface area (Å²) in [6.45, 7) is 0. The first-order chi connectivity index (χ1) is 8.70. The highest BCUT2D eigenvalue weighted by Gasteiger charge is 2.47. The predicted octanol–water partition coefficient (Wildman–Crippen LogP) is 1.70. The number of carbonyl (C=O) groups is 2. The SMILES string of the molecule is COc1ccc([C@@H]2CC(=O)N3C(=O)CC[C@@H]23)cc1. The molecule has 0 radical (unpaired) electrons. The summed E-state index contributed by atoms with van der Waals surface area (Å²) in [6.07, 6.45) is 1.74. The van der Waals surface area contributed by atoms with Crippen LogP contribution in [0.15, 0.2) is 24.3 Å². The molecule has 1 aromatic carbocycles. The fraction of sp³-hybridized carbons (Fsp3) is 0.429. The molecule has 4 nitrogen and oxygen atoms in total. The highest BCUT2D eigenvalue weighted by molar-refractivity contribution is 5.99. The van der Waals surface area contributed by atoms with Crippen LogP contribution in [-0.2, 0) is 9.59 Å². The number of benzene rings is 1. The molecule has 4 heteroatoms. The molecule has 0 N–H and O–H groups in total. The molecule has 0 spiro atoms. The summed E-state index contributed by atoms with van der Waals surface area (Å²) >= 11 is 0. The van der Waals surface area contributed by atoms with Crippen LogP contribution < -0.4 is 4.74 Å². The molecular weight excluding hydrogens is 230 g/mol. The third kappa shape index (κ3) is 1.60. The summed E-state index contributed by atoms with van der Waals surface area (Å²) in [5.41, 5.74) is 1.12. The van der Waals surface area contributed by atoms with E-state index in [0.29, 0.717) is 12.8 Å². The highest BCUT2D eigenvalue weighted by atomic mass is 16.5. The number of hydrogen-bond acceptors (Lipinski definition) is 3. The van der Waals surface area contributed by atoms with Gasteiger partial charge in [-0.05, 0) is 24.1 Å². The Bertz CT molecular complexity index is 494. The van der Waals surface area contributed by atoms with E-state index in [-0.39, 0.29) is 23.8 Å². The van der Waals surface area contributed by atoms with Crippen molar-refractivity contribution < 1.29 is 14.3 Å². The van der Waals surface area contributed by atoms with Crippen molar-refractivity contribution in [3.63, 3.8) is 0 Å². The van der Waals surface area contributed by atoms with Gasteiger partial charge in [0.05, 0.1) is 7.11 Å². The van der Waals surface area contributed by atoms with Gasteiger partial charge in [-0.25, -0.2) is 0 Å². The zero-order valence-electron chi connectivity index (χ0n) is 10.3. The van der Waals surface area contributed by atoms with Crippen LogP contribution in [0.2, 0.25) is 0 Å². The van der Waals surface area contributed by atoms with E-state index >= 15 is 0 Å². The summed E-state index contributed by atoms with van der Waals surface area (Å²) < 4.78 is 5.13. The van der Waals surface area contributed by atoms with Crippen molar-refractivity contribution in [3.8, 4) is 5.75 Å². The highest BCUT2D eigenvalue weighted by Crippen LogP contribution is 2.40. The molecule has 3 rings (SSSR count). The first kappa shape index (κ1) is 11.3. The summed E-state index contributed by atoms with van der Waals surface area (Å²) in [7, 11) is 1.63. The van der Waals surface area contributed by atoms with Gasteiger partial charge in [-0.3, -0.25) is 14.5 Å². The van der Waals surface area contributed by atoms with Gasteiger partial charge < -0.3 is 4.74 Å². The molecule has 0 aliphatic carbocycles. The lowest BCUT2D eigenvalue weighted by Crippen LogP contribution is -2.32. The average Bonchev–Trinajstić information content (AvgIpc) is 2.92. The Balaban J connectivity index is 1.88. The van der Waals surface area contributed by atoms with Crippen LogP contribution >= 0.6 is 0 Å². The van der Waals surface area contributed by atoms with E-state index in [1.54, 1.807) is 7.11 Å². The molecule has 2 amide bonds. The predicted molar refractivity (Wildman–Crippen MR) is 65.2 cm³/mol. The van der Waals surface area contributed by atoms with Crippen LogP contribution in [0.4, 0.5) is 0 Å². The smallest absolute Gasteiger partial charge is 0.230 e. The summed E-state index contributed by atoms with van der Waals surface area (Å²) in [4.78, 5) is 24.9. The van der Waals surface area contributed by atoms with Gasteiger partial charge >= 0.3 is 0 Å². The number of rotatable bonds is 2.